The van der Waals surface area contributed by atoms with Gasteiger partial charge in [-0.3, -0.25) is 4.79 Å². The van der Waals surface area contributed by atoms with Crippen LogP contribution < -0.4 is 9.80 Å². The van der Waals surface area contributed by atoms with E-state index in [-0.39, 0.29) is 5.91 Å². The number of aromatic nitrogens is 3. The molecule has 0 saturated carbocycles. The molecule has 0 N–H and O–H groups in total. The molecule has 1 saturated heterocycles. The Bertz CT molecular complexity index is 973. The fraction of sp³-hybridized carbons (Fsp3) is 0.286. The SMILES string of the molecule is C=CC(=O)N(C)c1cnc2nc(N3CCCC3)n(Cc3ccccc3)c2c1. The van der Waals surface area contributed by atoms with Crippen molar-refractivity contribution in [1.29, 1.82) is 0 Å². The van der Waals surface area contributed by atoms with Crippen LogP contribution in [0, 0.1) is 0 Å². The van der Waals surface area contributed by atoms with Crippen LogP contribution in [0.2, 0.25) is 0 Å². The van der Waals surface area contributed by atoms with Crippen molar-refractivity contribution < 1.29 is 4.79 Å². The molecule has 27 heavy (non-hydrogen) atoms. The van der Waals surface area contributed by atoms with Gasteiger partial charge >= 0.3 is 0 Å². The minimum Gasteiger partial charge on any atom is -0.342 e. The summed E-state index contributed by atoms with van der Waals surface area (Å²) < 4.78 is 2.21. The second-order valence-corrected chi connectivity index (χ2v) is 6.82. The lowest BCUT2D eigenvalue weighted by molar-refractivity contribution is -0.113. The van der Waals surface area contributed by atoms with Crippen molar-refractivity contribution in [1.82, 2.24) is 14.5 Å². The molecule has 1 aliphatic rings. The fourth-order valence-electron chi connectivity index (χ4n) is 3.51. The molecule has 1 amide bonds. The normalized spacial score (nSPS) is 13.9. The number of nitrogens with zero attached hydrogens (tertiary/aromatic N) is 5. The number of carbonyl (C=O) groups excluding carboxylic acids is 1. The summed E-state index contributed by atoms with van der Waals surface area (Å²) in [5.74, 6) is 0.791. The van der Waals surface area contributed by atoms with Gasteiger partial charge in [-0.05, 0) is 30.5 Å². The molecule has 3 heterocycles. The maximum absolute atomic E-state index is 12.0. The van der Waals surface area contributed by atoms with Gasteiger partial charge in [0.1, 0.15) is 0 Å². The van der Waals surface area contributed by atoms with Crippen LogP contribution in [-0.4, -0.2) is 40.6 Å². The lowest BCUT2D eigenvalue weighted by atomic mass is 10.2. The van der Waals surface area contributed by atoms with Crippen LogP contribution in [0.5, 0.6) is 0 Å². The van der Waals surface area contributed by atoms with E-state index in [1.165, 1.54) is 24.5 Å². The summed E-state index contributed by atoms with van der Waals surface area (Å²) in [5, 5.41) is 0. The van der Waals surface area contributed by atoms with E-state index in [1.54, 1.807) is 18.1 Å². The summed E-state index contributed by atoms with van der Waals surface area (Å²) in [5.41, 5.74) is 3.57. The molecule has 6 heteroatoms. The Morgan fingerprint density at radius 3 is 2.70 bits per heavy atom. The standard InChI is InChI=1S/C21H23N5O/c1-3-19(27)24(2)17-13-18-20(22-14-17)23-21(25-11-7-8-12-25)26(18)15-16-9-5-4-6-10-16/h3-6,9-10,13-14H,1,7-8,11-12,15H2,2H3. The molecule has 1 aliphatic heterocycles. The van der Waals surface area contributed by atoms with Gasteiger partial charge in [0, 0.05) is 20.1 Å². The predicted octanol–water partition coefficient (Wildman–Crippen LogP) is 3.23. The molecule has 1 fully saturated rings. The number of imidazole rings is 1. The molecule has 0 unspecified atom stereocenters. The lowest BCUT2D eigenvalue weighted by Crippen LogP contribution is -2.24. The molecule has 0 spiro atoms. The van der Waals surface area contributed by atoms with Crippen LogP contribution in [-0.2, 0) is 11.3 Å². The second-order valence-electron chi connectivity index (χ2n) is 6.82. The van der Waals surface area contributed by atoms with Crippen molar-refractivity contribution in [2.24, 2.45) is 0 Å². The zero-order valence-corrected chi connectivity index (χ0v) is 15.5. The van der Waals surface area contributed by atoms with Gasteiger partial charge in [-0.15, -0.1) is 0 Å². The van der Waals surface area contributed by atoms with E-state index in [0.29, 0.717) is 12.2 Å². The Hall–Kier alpha value is -3.15. The van der Waals surface area contributed by atoms with Gasteiger partial charge in [0.15, 0.2) is 5.65 Å². The zero-order chi connectivity index (χ0) is 18.8. The summed E-state index contributed by atoms with van der Waals surface area (Å²) in [6, 6.07) is 12.3. The molecule has 0 atom stereocenters. The number of pyridine rings is 1. The van der Waals surface area contributed by atoms with Gasteiger partial charge < -0.3 is 14.4 Å². The highest BCUT2D eigenvalue weighted by Gasteiger charge is 2.22. The molecule has 0 bridgehead atoms. The van der Waals surface area contributed by atoms with Crippen LogP contribution >= 0.6 is 0 Å². The van der Waals surface area contributed by atoms with Crippen LogP contribution in [0.25, 0.3) is 11.2 Å². The fourth-order valence-corrected chi connectivity index (χ4v) is 3.51. The van der Waals surface area contributed by atoms with Crippen LogP contribution in [0.15, 0.2) is 55.3 Å². The number of hydrogen-bond donors (Lipinski definition) is 0. The van der Waals surface area contributed by atoms with Crippen molar-refractivity contribution in [3.8, 4) is 0 Å². The number of amides is 1. The first-order chi connectivity index (χ1) is 13.2. The van der Waals surface area contributed by atoms with Gasteiger partial charge in [-0.1, -0.05) is 36.9 Å². The topological polar surface area (TPSA) is 54.3 Å². The Balaban J connectivity index is 1.82. The lowest BCUT2D eigenvalue weighted by Gasteiger charge is -2.19. The molecule has 3 aromatic rings. The molecular formula is C21H23N5O. The molecule has 6 nitrogen and oxygen atoms in total. The molecule has 138 valence electrons. The Labute approximate surface area is 158 Å². The zero-order valence-electron chi connectivity index (χ0n) is 15.5. The smallest absolute Gasteiger partial charge is 0.250 e. The van der Waals surface area contributed by atoms with E-state index < -0.39 is 0 Å². The van der Waals surface area contributed by atoms with E-state index in [0.717, 1.165) is 30.2 Å². The van der Waals surface area contributed by atoms with E-state index in [2.05, 4.69) is 33.2 Å². The first-order valence-corrected chi connectivity index (χ1v) is 9.22. The molecule has 0 radical (unpaired) electrons. The van der Waals surface area contributed by atoms with Gasteiger partial charge in [0.2, 0.25) is 11.9 Å². The summed E-state index contributed by atoms with van der Waals surface area (Å²) in [6.07, 6.45) is 5.37. The van der Waals surface area contributed by atoms with Crippen LogP contribution in [0.3, 0.4) is 0 Å². The third-order valence-corrected chi connectivity index (χ3v) is 5.04. The highest BCUT2D eigenvalue weighted by atomic mass is 16.2. The van der Waals surface area contributed by atoms with Gasteiger partial charge in [0.05, 0.1) is 23.9 Å². The van der Waals surface area contributed by atoms with Crippen molar-refractivity contribution >= 4 is 28.7 Å². The van der Waals surface area contributed by atoms with E-state index >= 15 is 0 Å². The monoisotopic (exact) mass is 361 g/mol. The maximum atomic E-state index is 12.0. The minimum absolute atomic E-state index is 0.162. The third-order valence-electron chi connectivity index (χ3n) is 5.04. The number of hydrogen-bond acceptors (Lipinski definition) is 4. The quantitative estimate of drug-likeness (QED) is 0.655. The summed E-state index contributed by atoms with van der Waals surface area (Å²) >= 11 is 0. The van der Waals surface area contributed by atoms with E-state index in [4.69, 9.17) is 4.98 Å². The van der Waals surface area contributed by atoms with Crippen molar-refractivity contribution in [3.63, 3.8) is 0 Å². The number of carbonyl (C=O) groups is 1. The van der Waals surface area contributed by atoms with Crippen molar-refractivity contribution in [2.45, 2.75) is 19.4 Å². The van der Waals surface area contributed by atoms with E-state index in [1.807, 2.05) is 24.3 Å². The molecule has 0 aliphatic carbocycles. The number of anilines is 2. The first-order valence-electron chi connectivity index (χ1n) is 9.22. The summed E-state index contributed by atoms with van der Waals surface area (Å²) in [7, 11) is 1.73. The van der Waals surface area contributed by atoms with Gasteiger partial charge in [0.25, 0.3) is 0 Å². The van der Waals surface area contributed by atoms with Crippen LogP contribution in [0.4, 0.5) is 11.6 Å². The van der Waals surface area contributed by atoms with Crippen molar-refractivity contribution in [2.75, 3.05) is 29.9 Å². The van der Waals surface area contributed by atoms with Gasteiger partial charge in [-0.25, -0.2) is 4.98 Å². The highest BCUT2D eigenvalue weighted by Crippen LogP contribution is 2.28. The largest absolute Gasteiger partial charge is 0.342 e. The summed E-state index contributed by atoms with van der Waals surface area (Å²) in [4.78, 5) is 25.2. The van der Waals surface area contributed by atoms with E-state index in [9.17, 15) is 4.79 Å². The predicted molar refractivity (Wildman–Crippen MR) is 108 cm³/mol. The third kappa shape index (κ3) is 3.30. The first kappa shape index (κ1) is 17.3. The van der Waals surface area contributed by atoms with Crippen molar-refractivity contribution in [3.05, 3.63) is 60.8 Å². The summed E-state index contributed by atoms with van der Waals surface area (Å²) in [6.45, 7) is 6.31. The Kier molecular flexibility index (Phi) is 4.62. The van der Waals surface area contributed by atoms with Crippen LogP contribution in [0.1, 0.15) is 18.4 Å². The molecule has 1 aromatic carbocycles. The Morgan fingerprint density at radius 1 is 1.26 bits per heavy atom. The number of likely N-dealkylation sites (N-methyl/N-ethyl adjacent to an activating group) is 1. The number of benzene rings is 1. The second kappa shape index (κ2) is 7.23. The Morgan fingerprint density at radius 2 is 2.00 bits per heavy atom. The molecule has 2 aromatic heterocycles. The minimum atomic E-state index is -0.162. The molecular weight excluding hydrogens is 338 g/mol. The number of rotatable bonds is 5. The molecule has 4 rings (SSSR count). The maximum Gasteiger partial charge on any atom is 0.250 e. The average Bonchev–Trinajstić information content (AvgIpc) is 3.35. The van der Waals surface area contributed by atoms with Gasteiger partial charge in [-0.2, -0.15) is 4.98 Å². The number of fused-ring (bicyclic) bond motifs is 1. The average molecular weight is 361 g/mol. The highest BCUT2D eigenvalue weighted by molar-refractivity contribution is 6.01.